The van der Waals surface area contributed by atoms with Gasteiger partial charge in [0, 0.05) is 24.3 Å². The summed E-state index contributed by atoms with van der Waals surface area (Å²) in [5.74, 6) is -2.45. The summed E-state index contributed by atoms with van der Waals surface area (Å²) in [6.45, 7) is 0.484. The molecule has 0 aliphatic heterocycles. The summed E-state index contributed by atoms with van der Waals surface area (Å²) in [5, 5.41) is 0. The van der Waals surface area contributed by atoms with E-state index >= 15 is 0 Å². The zero-order chi connectivity index (χ0) is 18.2. The number of esters is 4. The third-order valence-corrected chi connectivity index (χ3v) is 2.64. The van der Waals surface area contributed by atoms with E-state index in [0.29, 0.717) is 12.8 Å². The van der Waals surface area contributed by atoms with Crippen molar-refractivity contribution in [2.45, 2.75) is 25.7 Å². The van der Waals surface area contributed by atoms with E-state index in [1.54, 1.807) is 0 Å². The van der Waals surface area contributed by atoms with Gasteiger partial charge in [-0.1, -0.05) is 0 Å². The standard InChI is InChI=1S/C16H22O8/c1-21-13(17)7-9-15(19)23-11-5-3-4-6-12-24-16(20)10-8-14(18)22-2/h7-10H,3-6,11-12H2,1-2H3/b9-7-,10-8-. The fourth-order valence-electron chi connectivity index (χ4n) is 1.41. The van der Waals surface area contributed by atoms with Gasteiger partial charge in [0.15, 0.2) is 0 Å². The molecule has 0 heterocycles. The molecule has 0 saturated carbocycles. The number of carbonyl (C=O) groups is 4. The van der Waals surface area contributed by atoms with E-state index in [1.165, 1.54) is 14.2 Å². The Kier molecular flexibility index (Phi) is 12.4. The molecule has 0 aliphatic carbocycles. The van der Waals surface area contributed by atoms with Crippen molar-refractivity contribution in [2.75, 3.05) is 27.4 Å². The molecule has 0 radical (unpaired) electrons. The third-order valence-electron chi connectivity index (χ3n) is 2.64. The Balaban J connectivity index is 3.54. The molecule has 0 spiro atoms. The molecular formula is C16H22O8. The molecule has 24 heavy (non-hydrogen) atoms. The molecule has 0 aromatic heterocycles. The Morgan fingerprint density at radius 2 is 0.917 bits per heavy atom. The van der Waals surface area contributed by atoms with Gasteiger partial charge in [-0.2, -0.15) is 0 Å². The van der Waals surface area contributed by atoms with Crippen LogP contribution in [0.5, 0.6) is 0 Å². The number of unbranched alkanes of at least 4 members (excludes halogenated alkanes) is 3. The Bertz CT molecular complexity index is 434. The van der Waals surface area contributed by atoms with Crippen LogP contribution in [-0.4, -0.2) is 51.3 Å². The van der Waals surface area contributed by atoms with E-state index in [9.17, 15) is 19.2 Å². The highest BCUT2D eigenvalue weighted by Gasteiger charge is 2.01. The molecule has 0 amide bonds. The molecule has 134 valence electrons. The zero-order valence-corrected chi connectivity index (χ0v) is 13.8. The summed E-state index contributed by atoms with van der Waals surface area (Å²) in [4.78, 5) is 43.9. The minimum Gasteiger partial charge on any atom is -0.466 e. The highest BCUT2D eigenvalue weighted by Crippen LogP contribution is 2.01. The van der Waals surface area contributed by atoms with Gasteiger partial charge in [0.2, 0.25) is 0 Å². The molecule has 0 atom stereocenters. The minimum atomic E-state index is -0.622. The maximum atomic E-state index is 11.2. The van der Waals surface area contributed by atoms with Crippen LogP contribution >= 0.6 is 0 Å². The van der Waals surface area contributed by atoms with Crippen molar-refractivity contribution in [3.8, 4) is 0 Å². The first kappa shape index (κ1) is 21.4. The number of rotatable bonds is 11. The zero-order valence-electron chi connectivity index (χ0n) is 13.8. The van der Waals surface area contributed by atoms with Crippen molar-refractivity contribution in [2.24, 2.45) is 0 Å². The van der Waals surface area contributed by atoms with E-state index in [1.807, 2.05) is 0 Å². The molecule has 0 fully saturated rings. The van der Waals surface area contributed by atoms with Gasteiger partial charge in [-0.05, 0) is 25.7 Å². The third kappa shape index (κ3) is 13.1. The lowest BCUT2D eigenvalue weighted by molar-refractivity contribution is -0.139. The predicted molar refractivity (Wildman–Crippen MR) is 82.7 cm³/mol. The maximum Gasteiger partial charge on any atom is 0.331 e. The van der Waals surface area contributed by atoms with Crippen LogP contribution in [0.1, 0.15) is 25.7 Å². The van der Waals surface area contributed by atoms with Gasteiger partial charge in [-0.15, -0.1) is 0 Å². The average Bonchev–Trinajstić information content (AvgIpc) is 2.59. The van der Waals surface area contributed by atoms with Gasteiger partial charge in [-0.3, -0.25) is 0 Å². The number of ether oxygens (including phenoxy) is 4. The first-order valence-corrected chi connectivity index (χ1v) is 7.35. The highest BCUT2D eigenvalue weighted by molar-refractivity contribution is 5.92. The van der Waals surface area contributed by atoms with Gasteiger partial charge >= 0.3 is 23.9 Å². The SMILES string of the molecule is COC(=O)/C=C\C(=O)OCCCCCCOC(=O)/C=C\C(=O)OC. The topological polar surface area (TPSA) is 105 Å². The monoisotopic (exact) mass is 342 g/mol. The number of hydrogen-bond acceptors (Lipinski definition) is 8. The molecule has 0 aromatic rings. The van der Waals surface area contributed by atoms with Crippen molar-refractivity contribution in [1.82, 2.24) is 0 Å². The van der Waals surface area contributed by atoms with Gasteiger partial charge < -0.3 is 18.9 Å². The quantitative estimate of drug-likeness (QED) is 0.238. The van der Waals surface area contributed by atoms with E-state index < -0.39 is 23.9 Å². The smallest absolute Gasteiger partial charge is 0.331 e. The minimum absolute atomic E-state index is 0.242. The molecule has 0 saturated heterocycles. The summed E-state index contributed by atoms with van der Waals surface area (Å²) < 4.78 is 18.4. The molecule has 8 heteroatoms. The Morgan fingerprint density at radius 3 is 1.25 bits per heavy atom. The molecule has 0 N–H and O–H groups in total. The second-order valence-corrected chi connectivity index (χ2v) is 4.46. The van der Waals surface area contributed by atoms with Crippen LogP contribution in [0.15, 0.2) is 24.3 Å². The van der Waals surface area contributed by atoms with Gasteiger partial charge in [0.05, 0.1) is 27.4 Å². The van der Waals surface area contributed by atoms with E-state index in [2.05, 4.69) is 9.47 Å². The van der Waals surface area contributed by atoms with E-state index in [0.717, 1.165) is 37.1 Å². The fraction of sp³-hybridized carbons (Fsp3) is 0.500. The molecule has 0 rings (SSSR count). The van der Waals surface area contributed by atoms with Crippen LogP contribution in [0.25, 0.3) is 0 Å². The first-order valence-electron chi connectivity index (χ1n) is 7.35. The highest BCUT2D eigenvalue weighted by atomic mass is 16.5. The second-order valence-electron chi connectivity index (χ2n) is 4.46. The Labute approximate surface area is 140 Å². The van der Waals surface area contributed by atoms with Crippen LogP contribution in [0.3, 0.4) is 0 Å². The van der Waals surface area contributed by atoms with E-state index in [4.69, 9.17) is 9.47 Å². The van der Waals surface area contributed by atoms with Gasteiger partial charge in [0.25, 0.3) is 0 Å². The fourth-order valence-corrected chi connectivity index (χ4v) is 1.41. The summed E-state index contributed by atoms with van der Waals surface area (Å²) >= 11 is 0. The largest absolute Gasteiger partial charge is 0.466 e. The van der Waals surface area contributed by atoms with Crippen molar-refractivity contribution in [1.29, 1.82) is 0 Å². The van der Waals surface area contributed by atoms with Crippen LogP contribution < -0.4 is 0 Å². The number of carbonyl (C=O) groups excluding carboxylic acids is 4. The first-order chi connectivity index (χ1) is 11.5. The van der Waals surface area contributed by atoms with E-state index in [-0.39, 0.29) is 13.2 Å². The Hall–Kier alpha value is -2.64. The normalized spacial score (nSPS) is 10.6. The lowest BCUT2D eigenvalue weighted by Crippen LogP contribution is -2.05. The number of methoxy groups -OCH3 is 2. The maximum absolute atomic E-state index is 11.2. The molecular weight excluding hydrogens is 320 g/mol. The van der Waals surface area contributed by atoms with Crippen LogP contribution in [0, 0.1) is 0 Å². The summed E-state index contributed by atoms with van der Waals surface area (Å²) in [7, 11) is 2.43. The van der Waals surface area contributed by atoms with Crippen LogP contribution in [-0.2, 0) is 38.1 Å². The van der Waals surface area contributed by atoms with Crippen LogP contribution in [0.4, 0.5) is 0 Å². The van der Waals surface area contributed by atoms with Crippen molar-refractivity contribution < 1.29 is 38.1 Å². The summed E-state index contributed by atoms with van der Waals surface area (Å²) in [6, 6.07) is 0. The molecule has 8 nitrogen and oxygen atoms in total. The lowest BCUT2D eigenvalue weighted by atomic mass is 10.2. The molecule has 0 aliphatic rings. The molecule has 0 aromatic carbocycles. The van der Waals surface area contributed by atoms with Crippen LogP contribution in [0.2, 0.25) is 0 Å². The summed E-state index contributed by atoms with van der Waals surface area (Å²) in [6.07, 6.45) is 6.91. The predicted octanol–water partition coefficient (Wildman–Crippen LogP) is 1.09. The molecule has 0 unspecified atom stereocenters. The summed E-state index contributed by atoms with van der Waals surface area (Å²) in [5.41, 5.74) is 0. The average molecular weight is 342 g/mol. The lowest BCUT2D eigenvalue weighted by Gasteiger charge is -2.03. The second kappa shape index (κ2) is 14.0. The van der Waals surface area contributed by atoms with Crippen molar-refractivity contribution in [3.63, 3.8) is 0 Å². The van der Waals surface area contributed by atoms with Gasteiger partial charge in [0.1, 0.15) is 0 Å². The molecule has 0 bridgehead atoms. The Morgan fingerprint density at radius 1 is 0.583 bits per heavy atom. The number of hydrogen-bond donors (Lipinski definition) is 0. The van der Waals surface area contributed by atoms with Crippen molar-refractivity contribution >= 4 is 23.9 Å². The van der Waals surface area contributed by atoms with Gasteiger partial charge in [-0.25, -0.2) is 19.2 Å². The van der Waals surface area contributed by atoms with Crippen molar-refractivity contribution in [3.05, 3.63) is 24.3 Å².